The van der Waals surface area contributed by atoms with Crippen molar-refractivity contribution in [3.05, 3.63) is 29.0 Å². The van der Waals surface area contributed by atoms with Crippen molar-refractivity contribution in [1.82, 2.24) is 5.32 Å². The molecule has 6 heteroatoms. The van der Waals surface area contributed by atoms with Crippen molar-refractivity contribution in [2.45, 2.75) is 37.8 Å². The highest BCUT2D eigenvalue weighted by Gasteiger charge is 2.21. The molecule has 1 fully saturated rings. The maximum atomic E-state index is 13.6. The number of benzene rings is 1. The zero-order chi connectivity index (χ0) is 13.8. The van der Waals surface area contributed by atoms with Crippen LogP contribution in [0.5, 0.6) is 0 Å². The molecule has 1 aliphatic carbocycles. The van der Waals surface area contributed by atoms with Crippen molar-refractivity contribution in [2.75, 3.05) is 5.32 Å². The molecule has 0 spiro atoms. The molecule has 4 nitrogen and oxygen atoms in total. The Kier molecular flexibility index (Phi) is 4.61. The number of carbonyl (C=O) groups is 1. The van der Waals surface area contributed by atoms with E-state index in [1.165, 1.54) is 12.1 Å². The third-order valence-corrected chi connectivity index (χ3v) is 3.52. The maximum absolute atomic E-state index is 13.6. The Balaban J connectivity index is 1.89. The van der Waals surface area contributed by atoms with E-state index in [1.807, 2.05) is 0 Å². The molecule has 1 aliphatic rings. The summed E-state index contributed by atoms with van der Waals surface area (Å²) in [5, 5.41) is 14.5. The number of aliphatic hydroxyl groups is 1. The number of anilines is 1. The second kappa shape index (κ2) is 6.21. The van der Waals surface area contributed by atoms with Crippen LogP contribution in [-0.4, -0.2) is 23.3 Å². The van der Waals surface area contributed by atoms with E-state index in [-0.39, 0.29) is 22.9 Å². The molecule has 0 saturated heterocycles. The van der Waals surface area contributed by atoms with E-state index in [9.17, 15) is 14.3 Å². The van der Waals surface area contributed by atoms with Crippen LogP contribution in [0, 0.1) is 5.82 Å². The maximum Gasteiger partial charge on any atom is 0.319 e. The van der Waals surface area contributed by atoms with E-state index in [0.717, 1.165) is 12.8 Å². The third kappa shape index (κ3) is 3.81. The standard InChI is InChI=1S/C13H16ClFN2O2/c14-10-2-1-3-11(12(10)15)17-13(19)16-8-4-6-9(18)7-5-8/h1-3,8-9,18H,4-7H2,(H2,16,17,19). The average molecular weight is 287 g/mol. The molecular formula is C13H16ClFN2O2. The summed E-state index contributed by atoms with van der Waals surface area (Å²) < 4.78 is 13.6. The first-order chi connectivity index (χ1) is 9.06. The van der Waals surface area contributed by atoms with E-state index in [1.54, 1.807) is 6.07 Å². The molecule has 0 aliphatic heterocycles. The molecule has 0 aromatic heterocycles. The molecule has 1 saturated carbocycles. The van der Waals surface area contributed by atoms with Crippen molar-refractivity contribution in [2.24, 2.45) is 0 Å². The van der Waals surface area contributed by atoms with E-state index in [0.29, 0.717) is 12.8 Å². The van der Waals surface area contributed by atoms with Crippen LogP contribution in [0.15, 0.2) is 18.2 Å². The van der Waals surface area contributed by atoms with Gasteiger partial charge < -0.3 is 15.7 Å². The second-order valence-corrected chi connectivity index (χ2v) is 5.11. The molecule has 1 aromatic carbocycles. The second-order valence-electron chi connectivity index (χ2n) is 4.71. The summed E-state index contributed by atoms with van der Waals surface area (Å²) >= 11 is 5.63. The largest absolute Gasteiger partial charge is 0.393 e. The van der Waals surface area contributed by atoms with Gasteiger partial charge in [-0.2, -0.15) is 0 Å². The summed E-state index contributed by atoms with van der Waals surface area (Å²) in [5.74, 6) is -0.640. The summed E-state index contributed by atoms with van der Waals surface area (Å²) in [5.41, 5.74) is 0.0563. The van der Waals surface area contributed by atoms with Crippen LogP contribution in [0.3, 0.4) is 0 Å². The number of halogens is 2. The zero-order valence-corrected chi connectivity index (χ0v) is 11.1. The smallest absolute Gasteiger partial charge is 0.319 e. The summed E-state index contributed by atoms with van der Waals surface area (Å²) in [7, 11) is 0. The zero-order valence-electron chi connectivity index (χ0n) is 10.3. The molecule has 104 valence electrons. The number of amides is 2. The van der Waals surface area contributed by atoms with Crippen LogP contribution in [-0.2, 0) is 0 Å². The average Bonchev–Trinajstić information content (AvgIpc) is 2.38. The Morgan fingerprint density at radius 3 is 2.68 bits per heavy atom. The molecule has 0 unspecified atom stereocenters. The van der Waals surface area contributed by atoms with Gasteiger partial charge in [0.1, 0.15) is 0 Å². The molecule has 0 heterocycles. The van der Waals surface area contributed by atoms with Gasteiger partial charge in [-0.25, -0.2) is 9.18 Å². The van der Waals surface area contributed by atoms with Crippen molar-refractivity contribution < 1.29 is 14.3 Å². The first-order valence-corrected chi connectivity index (χ1v) is 6.63. The summed E-state index contributed by atoms with van der Waals surface area (Å²) in [4.78, 5) is 11.7. The number of nitrogens with one attached hydrogen (secondary N) is 2. The number of urea groups is 1. The first kappa shape index (κ1) is 14.1. The van der Waals surface area contributed by atoms with Gasteiger partial charge >= 0.3 is 6.03 Å². The molecule has 2 rings (SSSR count). The molecule has 0 bridgehead atoms. The highest BCUT2D eigenvalue weighted by Crippen LogP contribution is 2.22. The predicted molar refractivity (Wildman–Crippen MR) is 71.8 cm³/mol. The topological polar surface area (TPSA) is 61.4 Å². The fourth-order valence-corrected chi connectivity index (χ4v) is 2.34. The Labute approximate surface area is 116 Å². The quantitative estimate of drug-likeness (QED) is 0.783. The minimum atomic E-state index is -0.640. The highest BCUT2D eigenvalue weighted by atomic mass is 35.5. The molecule has 19 heavy (non-hydrogen) atoms. The van der Waals surface area contributed by atoms with Gasteiger partial charge in [-0.3, -0.25) is 0 Å². The Hall–Kier alpha value is -1.33. The third-order valence-electron chi connectivity index (χ3n) is 3.23. The molecule has 3 N–H and O–H groups in total. The van der Waals surface area contributed by atoms with Crippen molar-refractivity contribution in [3.63, 3.8) is 0 Å². The lowest BCUT2D eigenvalue weighted by atomic mass is 9.93. The van der Waals surface area contributed by atoms with E-state index in [2.05, 4.69) is 10.6 Å². The fraction of sp³-hybridized carbons (Fsp3) is 0.462. The van der Waals surface area contributed by atoms with Gasteiger partial charge in [-0.05, 0) is 37.8 Å². The van der Waals surface area contributed by atoms with Gasteiger partial charge in [0.15, 0.2) is 5.82 Å². The summed E-state index contributed by atoms with van der Waals surface area (Å²) in [6.07, 6.45) is 2.54. The van der Waals surface area contributed by atoms with Crippen molar-refractivity contribution in [1.29, 1.82) is 0 Å². The van der Waals surface area contributed by atoms with Gasteiger partial charge in [0.25, 0.3) is 0 Å². The Morgan fingerprint density at radius 1 is 1.32 bits per heavy atom. The Morgan fingerprint density at radius 2 is 2.00 bits per heavy atom. The van der Waals surface area contributed by atoms with Crippen LogP contribution in [0.4, 0.5) is 14.9 Å². The summed E-state index contributed by atoms with van der Waals surface area (Å²) in [6.45, 7) is 0. The van der Waals surface area contributed by atoms with Gasteiger partial charge in [0, 0.05) is 6.04 Å². The van der Waals surface area contributed by atoms with Gasteiger partial charge in [-0.15, -0.1) is 0 Å². The van der Waals surface area contributed by atoms with Gasteiger partial charge in [-0.1, -0.05) is 17.7 Å². The molecule has 0 radical (unpaired) electrons. The summed E-state index contributed by atoms with van der Waals surface area (Å²) in [6, 6.07) is 4.00. The molecule has 2 amide bonds. The van der Waals surface area contributed by atoms with Gasteiger partial charge in [0.2, 0.25) is 0 Å². The monoisotopic (exact) mass is 286 g/mol. The number of rotatable bonds is 2. The van der Waals surface area contributed by atoms with Crippen molar-refractivity contribution in [3.8, 4) is 0 Å². The molecular weight excluding hydrogens is 271 g/mol. The number of hydrogen-bond acceptors (Lipinski definition) is 2. The minimum Gasteiger partial charge on any atom is -0.393 e. The van der Waals surface area contributed by atoms with Crippen LogP contribution in [0.2, 0.25) is 5.02 Å². The fourth-order valence-electron chi connectivity index (χ4n) is 2.16. The van der Waals surface area contributed by atoms with Crippen LogP contribution in [0.1, 0.15) is 25.7 Å². The van der Waals surface area contributed by atoms with E-state index in [4.69, 9.17) is 11.6 Å². The van der Waals surface area contributed by atoms with Crippen LogP contribution < -0.4 is 10.6 Å². The van der Waals surface area contributed by atoms with E-state index >= 15 is 0 Å². The molecule has 0 atom stereocenters. The van der Waals surface area contributed by atoms with Crippen LogP contribution >= 0.6 is 11.6 Å². The SMILES string of the molecule is O=C(Nc1cccc(Cl)c1F)NC1CCC(O)CC1. The van der Waals surface area contributed by atoms with Gasteiger partial charge in [0.05, 0.1) is 16.8 Å². The Bertz CT molecular complexity index is 462. The number of aliphatic hydroxyl groups excluding tert-OH is 1. The first-order valence-electron chi connectivity index (χ1n) is 6.26. The lowest BCUT2D eigenvalue weighted by Crippen LogP contribution is -2.41. The minimum absolute atomic E-state index is 0.0191. The number of hydrogen-bond donors (Lipinski definition) is 3. The highest BCUT2D eigenvalue weighted by molar-refractivity contribution is 6.31. The normalized spacial score (nSPS) is 22.9. The molecule has 1 aromatic rings. The predicted octanol–water partition coefficient (Wildman–Crippen LogP) is 2.90. The van der Waals surface area contributed by atoms with Crippen LogP contribution in [0.25, 0.3) is 0 Å². The lowest BCUT2D eigenvalue weighted by Gasteiger charge is -2.26. The number of carbonyl (C=O) groups excluding carboxylic acids is 1. The lowest BCUT2D eigenvalue weighted by molar-refractivity contribution is 0.118. The van der Waals surface area contributed by atoms with E-state index < -0.39 is 11.8 Å². The van der Waals surface area contributed by atoms with Crippen molar-refractivity contribution >= 4 is 23.3 Å².